The maximum absolute atomic E-state index is 12.0. The average molecular weight is 232 g/mol. The van der Waals surface area contributed by atoms with Crippen molar-refractivity contribution >= 4 is 5.78 Å². The number of rotatable bonds is 4. The number of carbonyl (C=O) groups excluding carboxylic acids is 1. The van der Waals surface area contributed by atoms with Gasteiger partial charge in [-0.2, -0.15) is 5.21 Å². The van der Waals surface area contributed by atoms with Crippen molar-refractivity contribution in [1.82, 2.24) is 20.6 Å². The highest BCUT2D eigenvalue weighted by Gasteiger charge is 2.19. The number of nitrogens with one attached hydrogen (secondary N) is 1. The van der Waals surface area contributed by atoms with Crippen LogP contribution in [-0.4, -0.2) is 31.5 Å². The molecule has 0 aliphatic rings. The molecule has 0 bridgehead atoms. The van der Waals surface area contributed by atoms with E-state index < -0.39 is 0 Å². The molecule has 0 fully saturated rings. The van der Waals surface area contributed by atoms with Crippen LogP contribution in [-0.2, 0) is 6.42 Å². The molecular weight excluding hydrogens is 220 g/mol. The topological polar surface area (TPSA) is 91.8 Å². The molecule has 1 atom stereocenters. The smallest absolute Gasteiger partial charge is 0.175 e. The number of hydrogen-bond donors (Lipinski definition) is 2. The first kappa shape index (κ1) is 11.3. The number of phenolic OH excluding ortho intramolecular Hbond substituents is 1. The van der Waals surface area contributed by atoms with E-state index in [1.165, 1.54) is 6.07 Å². The summed E-state index contributed by atoms with van der Waals surface area (Å²) < 4.78 is 0. The Labute approximate surface area is 97.7 Å². The second-order valence-corrected chi connectivity index (χ2v) is 3.81. The van der Waals surface area contributed by atoms with Gasteiger partial charge in [-0.3, -0.25) is 4.79 Å². The van der Waals surface area contributed by atoms with Crippen LogP contribution in [0.3, 0.4) is 0 Å². The number of phenols is 1. The first-order valence-electron chi connectivity index (χ1n) is 5.23. The van der Waals surface area contributed by atoms with E-state index in [0.717, 1.165) is 0 Å². The van der Waals surface area contributed by atoms with E-state index in [4.69, 9.17) is 0 Å². The number of aromatic nitrogens is 4. The summed E-state index contributed by atoms with van der Waals surface area (Å²) >= 11 is 0. The quantitative estimate of drug-likeness (QED) is 0.766. The standard InChI is InChI=1S/C11H12N4O2/c1-7(6-10-12-14-15-13-10)11(17)8-4-2-3-5-9(8)16/h2-5,7,16H,6H2,1H3,(H,12,13,14,15). The van der Waals surface area contributed by atoms with Crippen LogP contribution in [0.15, 0.2) is 24.3 Å². The van der Waals surface area contributed by atoms with Crippen LogP contribution in [0.4, 0.5) is 0 Å². The number of benzene rings is 1. The maximum Gasteiger partial charge on any atom is 0.175 e. The highest BCUT2D eigenvalue weighted by Crippen LogP contribution is 2.20. The minimum atomic E-state index is -0.305. The Bertz CT molecular complexity index is 510. The monoisotopic (exact) mass is 232 g/mol. The zero-order valence-electron chi connectivity index (χ0n) is 9.29. The fourth-order valence-electron chi connectivity index (χ4n) is 1.58. The van der Waals surface area contributed by atoms with Crippen molar-refractivity contribution in [3.05, 3.63) is 35.7 Å². The van der Waals surface area contributed by atoms with Gasteiger partial charge in [0.2, 0.25) is 0 Å². The number of ketones is 1. The van der Waals surface area contributed by atoms with Crippen LogP contribution < -0.4 is 0 Å². The fraction of sp³-hybridized carbons (Fsp3) is 0.273. The van der Waals surface area contributed by atoms with Gasteiger partial charge in [-0.25, -0.2) is 0 Å². The van der Waals surface area contributed by atoms with E-state index >= 15 is 0 Å². The molecule has 0 aliphatic heterocycles. The second kappa shape index (κ2) is 4.73. The molecule has 0 aliphatic carbocycles. The number of nitrogens with zero attached hydrogens (tertiary/aromatic N) is 3. The van der Waals surface area contributed by atoms with E-state index in [9.17, 15) is 9.90 Å². The molecular formula is C11H12N4O2. The molecule has 0 amide bonds. The predicted octanol–water partition coefficient (Wildman–Crippen LogP) is 0.967. The predicted molar refractivity (Wildman–Crippen MR) is 59.5 cm³/mol. The fourth-order valence-corrected chi connectivity index (χ4v) is 1.58. The van der Waals surface area contributed by atoms with Gasteiger partial charge in [0.05, 0.1) is 5.56 Å². The molecule has 17 heavy (non-hydrogen) atoms. The number of H-pyrrole nitrogens is 1. The number of aromatic amines is 1. The number of aromatic hydroxyl groups is 1. The van der Waals surface area contributed by atoms with Gasteiger partial charge in [0.1, 0.15) is 5.75 Å². The van der Waals surface area contributed by atoms with Crippen molar-refractivity contribution < 1.29 is 9.90 Å². The van der Waals surface area contributed by atoms with E-state index in [0.29, 0.717) is 17.8 Å². The normalized spacial score (nSPS) is 12.3. The lowest BCUT2D eigenvalue weighted by Gasteiger charge is -2.09. The molecule has 6 nitrogen and oxygen atoms in total. The first-order valence-corrected chi connectivity index (χ1v) is 5.23. The summed E-state index contributed by atoms with van der Waals surface area (Å²) in [5, 5.41) is 22.9. The number of carbonyl (C=O) groups is 1. The van der Waals surface area contributed by atoms with Crippen LogP contribution in [0.25, 0.3) is 0 Å². The lowest BCUT2D eigenvalue weighted by molar-refractivity contribution is 0.0925. The van der Waals surface area contributed by atoms with Crippen LogP contribution in [0.1, 0.15) is 23.1 Å². The summed E-state index contributed by atoms with van der Waals surface area (Å²) in [4.78, 5) is 12.0. The molecule has 88 valence electrons. The van der Waals surface area contributed by atoms with Crippen molar-refractivity contribution in [1.29, 1.82) is 0 Å². The molecule has 2 rings (SSSR count). The van der Waals surface area contributed by atoms with Gasteiger partial charge in [-0.15, -0.1) is 10.2 Å². The van der Waals surface area contributed by atoms with E-state index in [2.05, 4.69) is 20.6 Å². The summed E-state index contributed by atoms with van der Waals surface area (Å²) in [5.41, 5.74) is 0.323. The van der Waals surface area contributed by atoms with Gasteiger partial charge < -0.3 is 5.11 Å². The summed E-state index contributed by atoms with van der Waals surface area (Å²) in [6.07, 6.45) is 0.393. The molecule has 1 aromatic carbocycles. The number of para-hydroxylation sites is 1. The summed E-state index contributed by atoms with van der Waals surface area (Å²) in [6.45, 7) is 1.77. The highest BCUT2D eigenvalue weighted by molar-refractivity contribution is 6.00. The zero-order valence-corrected chi connectivity index (χ0v) is 9.29. The van der Waals surface area contributed by atoms with E-state index in [1.807, 2.05) is 0 Å². The lowest BCUT2D eigenvalue weighted by Crippen LogP contribution is -2.15. The van der Waals surface area contributed by atoms with Crippen LogP contribution in [0.5, 0.6) is 5.75 Å². The van der Waals surface area contributed by atoms with Crippen molar-refractivity contribution in [3.8, 4) is 5.75 Å². The van der Waals surface area contributed by atoms with Crippen LogP contribution >= 0.6 is 0 Å². The Kier molecular flexibility index (Phi) is 3.13. The third-order valence-corrected chi connectivity index (χ3v) is 2.50. The van der Waals surface area contributed by atoms with Gasteiger partial charge in [-0.05, 0) is 12.1 Å². The molecule has 6 heteroatoms. The number of Topliss-reactive ketones (excluding diaryl/α,β-unsaturated/α-hetero) is 1. The highest BCUT2D eigenvalue weighted by atomic mass is 16.3. The van der Waals surface area contributed by atoms with Gasteiger partial charge >= 0.3 is 0 Å². The summed E-state index contributed by atoms with van der Waals surface area (Å²) in [7, 11) is 0. The maximum atomic E-state index is 12.0. The Morgan fingerprint density at radius 2 is 2.24 bits per heavy atom. The van der Waals surface area contributed by atoms with Gasteiger partial charge in [0, 0.05) is 12.3 Å². The van der Waals surface area contributed by atoms with Crippen molar-refractivity contribution in [2.45, 2.75) is 13.3 Å². The van der Waals surface area contributed by atoms with E-state index in [1.54, 1.807) is 25.1 Å². The molecule has 0 spiro atoms. The van der Waals surface area contributed by atoms with Crippen molar-refractivity contribution in [2.24, 2.45) is 5.92 Å². The zero-order chi connectivity index (χ0) is 12.3. The Balaban J connectivity index is 2.13. The Hall–Kier alpha value is -2.24. The number of tetrazole rings is 1. The molecule has 0 radical (unpaired) electrons. The first-order chi connectivity index (χ1) is 8.18. The molecule has 0 saturated carbocycles. The summed E-state index contributed by atoms with van der Waals surface area (Å²) in [6, 6.07) is 6.49. The molecule has 2 aromatic rings. The van der Waals surface area contributed by atoms with Crippen molar-refractivity contribution in [3.63, 3.8) is 0 Å². The summed E-state index contributed by atoms with van der Waals surface area (Å²) in [5.74, 6) is 0.0486. The average Bonchev–Trinajstić information content (AvgIpc) is 2.81. The molecule has 1 heterocycles. The molecule has 1 unspecified atom stereocenters. The third kappa shape index (κ3) is 2.47. The van der Waals surface area contributed by atoms with Crippen LogP contribution in [0.2, 0.25) is 0 Å². The van der Waals surface area contributed by atoms with E-state index in [-0.39, 0.29) is 17.5 Å². The van der Waals surface area contributed by atoms with Gasteiger partial charge in [0.25, 0.3) is 0 Å². The molecule has 1 aromatic heterocycles. The minimum Gasteiger partial charge on any atom is -0.507 e. The van der Waals surface area contributed by atoms with Crippen molar-refractivity contribution in [2.75, 3.05) is 0 Å². The SMILES string of the molecule is CC(Cc1nn[nH]n1)C(=O)c1ccccc1O. The molecule has 0 saturated heterocycles. The minimum absolute atomic E-state index is 0.00235. The van der Waals surface area contributed by atoms with Crippen LogP contribution in [0, 0.1) is 5.92 Å². The third-order valence-electron chi connectivity index (χ3n) is 2.50. The largest absolute Gasteiger partial charge is 0.507 e. The Morgan fingerprint density at radius 3 is 2.88 bits per heavy atom. The Morgan fingerprint density at radius 1 is 1.47 bits per heavy atom. The molecule has 2 N–H and O–H groups in total. The van der Waals surface area contributed by atoms with Gasteiger partial charge in [0.15, 0.2) is 11.6 Å². The second-order valence-electron chi connectivity index (χ2n) is 3.81. The van der Waals surface area contributed by atoms with Gasteiger partial charge in [-0.1, -0.05) is 24.3 Å². The lowest BCUT2D eigenvalue weighted by atomic mass is 9.95. The number of hydrogen-bond acceptors (Lipinski definition) is 5.